The zero-order valence-electron chi connectivity index (χ0n) is 14.9. The molecule has 2 heterocycles. The number of carbonyl (C=O) groups is 1. The van der Waals surface area contributed by atoms with E-state index in [4.69, 9.17) is 4.74 Å². The van der Waals surface area contributed by atoms with Crippen LogP contribution in [-0.2, 0) is 19.4 Å². The van der Waals surface area contributed by atoms with Gasteiger partial charge in [-0.2, -0.15) is 0 Å². The number of aromatic nitrogens is 1. The molecule has 0 N–H and O–H groups in total. The summed E-state index contributed by atoms with van der Waals surface area (Å²) in [6.45, 7) is 3.59. The molecule has 0 aromatic carbocycles. The average Bonchev–Trinajstić information content (AvgIpc) is 2.99. The Morgan fingerprint density at radius 1 is 1.30 bits per heavy atom. The molecule has 1 aliphatic heterocycles. The van der Waals surface area contributed by atoms with Crippen LogP contribution in [0.5, 0.6) is 0 Å². The molecule has 2 atom stereocenters. The van der Waals surface area contributed by atoms with Gasteiger partial charge in [0.1, 0.15) is 0 Å². The summed E-state index contributed by atoms with van der Waals surface area (Å²) in [6, 6.07) is 2.77. The fourth-order valence-corrected chi connectivity index (χ4v) is 3.78. The fourth-order valence-electron chi connectivity index (χ4n) is 3.22. The van der Waals surface area contributed by atoms with Gasteiger partial charge in [0.2, 0.25) is 0 Å². The Labute approximate surface area is 156 Å². The van der Waals surface area contributed by atoms with Crippen LogP contribution >= 0.6 is 0 Å². The molecule has 0 radical (unpaired) electrons. The van der Waals surface area contributed by atoms with Gasteiger partial charge in [-0.25, -0.2) is 8.42 Å². The summed E-state index contributed by atoms with van der Waals surface area (Å²) in [5.74, 6) is -0.655. The van der Waals surface area contributed by atoms with Crippen molar-refractivity contribution >= 4 is 21.2 Å². The Morgan fingerprint density at radius 3 is 2.48 bits per heavy atom. The van der Waals surface area contributed by atoms with Gasteiger partial charge < -0.3 is 4.74 Å². The van der Waals surface area contributed by atoms with E-state index in [0.29, 0.717) is 0 Å². The number of hydrogen-bond donors (Lipinski definition) is 0. The second-order valence-electron chi connectivity index (χ2n) is 7.13. The van der Waals surface area contributed by atoms with Gasteiger partial charge >= 0.3 is 0 Å². The number of pyridine rings is 1. The van der Waals surface area contributed by atoms with E-state index >= 15 is 0 Å². The first-order valence-electron chi connectivity index (χ1n) is 8.12. The van der Waals surface area contributed by atoms with E-state index in [1.54, 1.807) is 19.9 Å². The normalized spacial score (nSPS) is 24.2. The highest BCUT2D eigenvalue weighted by molar-refractivity contribution is 7.90. The summed E-state index contributed by atoms with van der Waals surface area (Å²) in [6.07, 6.45) is 7.22. The van der Waals surface area contributed by atoms with Crippen LogP contribution in [0.15, 0.2) is 53.4 Å². The van der Waals surface area contributed by atoms with E-state index in [1.807, 2.05) is 0 Å². The number of rotatable bonds is 4. The van der Waals surface area contributed by atoms with Crippen LogP contribution in [-0.4, -0.2) is 36.5 Å². The summed E-state index contributed by atoms with van der Waals surface area (Å²) in [5.41, 5.74) is -0.364. The lowest BCUT2D eigenvalue weighted by molar-refractivity contribution is -0.418. The zero-order valence-corrected chi connectivity index (χ0v) is 15.8. The molecule has 0 bridgehead atoms. The second kappa shape index (κ2) is 6.41. The average molecular weight is 390 g/mol. The van der Waals surface area contributed by atoms with Gasteiger partial charge in [0.15, 0.2) is 21.7 Å². The van der Waals surface area contributed by atoms with E-state index < -0.39 is 32.2 Å². The Morgan fingerprint density at radius 2 is 2.00 bits per heavy atom. The highest BCUT2D eigenvalue weighted by atomic mass is 32.2. The lowest BCUT2D eigenvalue weighted by atomic mass is 9.70. The third-order valence-electron chi connectivity index (χ3n) is 4.69. The highest BCUT2D eigenvalue weighted by Gasteiger charge is 2.44. The second-order valence-corrected chi connectivity index (χ2v) is 9.14. The molecule has 27 heavy (non-hydrogen) atoms. The molecular weight excluding hydrogens is 372 g/mol. The topological polar surface area (TPSA) is 116 Å². The molecule has 3 rings (SSSR count). The molecule has 0 fully saturated rings. The molecule has 142 valence electrons. The molecule has 2 unspecified atom stereocenters. The predicted octanol–water partition coefficient (Wildman–Crippen LogP) is 2.17. The van der Waals surface area contributed by atoms with Gasteiger partial charge in [0.25, 0.3) is 5.70 Å². The van der Waals surface area contributed by atoms with E-state index in [9.17, 15) is 23.3 Å². The van der Waals surface area contributed by atoms with Crippen LogP contribution in [0.4, 0.5) is 0 Å². The smallest absolute Gasteiger partial charge is 0.275 e. The van der Waals surface area contributed by atoms with Crippen molar-refractivity contribution in [2.75, 3.05) is 6.26 Å². The molecule has 1 aromatic heterocycles. The zero-order chi connectivity index (χ0) is 20.0. The Hall–Kier alpha value is -2.81. The summed E-state index contributed by atoms with van der Waals surface area (Å²) in [4.78, 5) is 27.3. The van der Waals surface area contributed by atoms with Gasteiger partial charge in [0.05, 0.1) is 27.3 Å². The number of ether oxygens (including phenoxy) is 1. The monoisotopic (exact) mass is 390 g/mol. The molecule has 1 aromatic rings. The fraction of sp³-hybridized carbons (Fsp3) is 0.333. The molecule has 0 saturated heterocycles. The first-order chi connectivity index (χ1) is 12.5. The quantitative estimate of drug-likeness (QED) is 0.571. The number of allylic oxidation sites excluding steroid dienone is 2. The molecular formula is C18H18N2O6S. The number of ketones is 1. The van der Waals surface area contributed by atoms with Crippen LogP contribution in [0, 0.1) is 21.4 Å². The Kier molecular flexibility index (Phi) is 4.51. The van der Waals surface area contributed by atoms with Gasteiger partial charge in [-0.1, -0.05) is 19.9 Å². The maximum absolute atomic E-state index is 12.1. The van der Waals surface area contributed by atoms with Crippen molar-refractivity contribution in [3.63, 3.8) is 0 Å². The Bertz CT molecular complexity index is 1000. The van der Waals surface area contributed by atoms with Crippen molar-refractivity contribution < 1.29 is 22.9 Å². The van der Waals surface area contributed by atoms with E-state index in [-0.39, 0.29) is 27.6 Å². The number of hydrogen-bond acceptors (Lipinski definition) is 7. The minimum absolute atomic E-state index is 0.0182. The third-order valence-corrected chi connectivity index (χ3v) is 5.79. The van der Waals surface area contributed by atoms with Gasteiger partial charge in [-0.3, -0.25) is 19.9 Å². The molecule has 1 aliphatic carbocycles. The van der Waals surface area contributed by atoms with Gasteiger partial charge in [-0.05, 0) is 17.5 Å². The first-order valence-corrected chi connectivity index (χ1v) is 10.0. The van der Waals surface area contributed by atoms with E-state index in [0.717, 1.165) is 12.5 Å². The van der Waals surface area contributed by atoms with Crippen LogP contribution in [0.2, 0.25) is 0 Å². The number of sulfone groups is 1. The molecule has 0 spiro atoms. The summed E-state index contributed by atoms with van der Waals surface area (Å²) in [7, 11) is -3.43. The number of nitro groups is 1. The molecule has 2 aliphatic rings. The van der Waals surface area contributed by atoms with Crippen LogP contribution in [0.1, 0.15) is 19.5 Å². The van der Waals surface area contributed by atoms with Crippen molar-refractivity contribution in [2.24, 2.45) is 11.3 Å². The number of carbonyl (C=O) groups excluding carboxylic acids is 1. The highest BCUT2D eigenvalue weighted by Crippen LogP contribution is 2.44. The van der Waals surface area contributed by atoms with Gasteiger partial charge in [0, 0.05) is 30.5 Å². The first kappa shape index (κ1) is 19.0. The molecule has 0 amide bonds. The maximum Gasteiger partial charge on any atom is 0.275 e. The molecule has 0 saturated carbocycles. The van der Waals surface area contributed by atoms with Crippen LogP contribution in [0.25, 0.3) is 5.57 Å². The van der Waals surface area contributed by atoms with Crippen molar-refractivity contribution in [1.29, 1.82) is 0 Å². The third kappa shape index (κ3) is 3.55. The lowest BCUT2D eigenvalue weighted by Crippen LogP contribution is -2.38. The van der Waals surface area contributed by atoms with E-state index in [2.05, 4.69) is 4.98 Å². The predicted molar refractivity (Wildman–Crippen MR) is 96.7 cm³/mol. The lowest BCUT2D eigenvalue weighted by Gasteiger charge is -2.35. The van der Waals surface area contributed by atoms with Crippen LogP contribution in [0.3, 0.4) is 0 Å². The molecule has 9 heteroatoms. The van der Waals surface area contributed by atoms with E-state index in [1.165, 1.54) is 30.5 Å². The standard InChI is InChI=1S/C18H18N2O6S/c1-18(2)9-15(20(22)23)12(8-13(18)17-16(21)6-7-26-17)14-5-4-11(10-19-14)27(3,24)25/h4-10,13,17H,1-3H3. The maximum atomic E-state index is 12.1. The largest absolute Gasteiger partial charge is 0.489 e. The van der Waals surface area contributed by atoms with Crippen molar-refractivity contribution in [1.82, 2.24) is 4.98 Å². The number of nitrogens with zero attached hydrogens (tertiary/aromatic N) is 2. The Balaban J connectivity index is 2.09. The van der Waals surface area contributed by atoms with Crippen molar-refractivity contribution in [3.05, 3.63) is 64.3 Å². The van der Waals surface area contributed by atoms with Gasteiger partial charge in [-0.15, -0.1) is 0 Å². The van der Waals surface area contributed by atoms with Crippen LogP contribution < -0.4 is 0 Å². The summed E-state index contributed by atoms with van der Waals surface area (Å²) in [5, 5.41) is 11.6. The summed E-state index contributed by atoms with van der Waals surface area (Å²) >= 11 is 0. The van der Waals surface area contributed by atoms with Crippen molar-refractivity contribution in [2.45, 2.75) is 24.8 Å². The summed E-state index contributed by atoms with van der Waals surface area (Å²) < 4.78 is 28.6. The molecule has 8 nitrogen and oxygen atoms in total. The minimum atomic E-state index is -3.43. The SMILES string of the molecule is CC1(C)C=C([N+](=O)[O-])C(c2ccc(S(C)(=O)=O)cn2)=CC1C1OC=CC1=O. The van der Waals surface area contributed by atoms with Crippen molar-refractivity contribution in [3.8, 4) is 0 Å². The minimum Gasteiger partial charge on any atom is -0.489 e.